The second-order valence-corrected chi connectivity index (χ2v) is 6.15. The lowest BCUT2D eigenvalue weighted by Gasteiger charge is -2.41. The van der Waals surface area contributed by atoms with Crippen molar-refractivity contribution in [2.75, 3.05) is 13.1 Å². The lowest BCUT2D eigenvalue weighted by atomic mass is 9.76. The molecule has 1 heterocycles. The number of benzene rings is 1. The van der Waals surface area contributed by atoms with E-state index in [-0.39, 0.29) is 25.3 Å². The second kappa shape index (κ2) is 8.79. The molecule has 3 nitrogen and oxygen atoms in total. The van der Waals surface area contributed by atoms with Gasteiger partial charge in [-0.3, -0.25) is 4.90 Å². The van der Waals surface area contributed by atoms with Gasteiger partial charge in [0.25, 0.3) is 0 Å². The van der Waals surface area contributed by atoms with E-state index in [0.29, 0.717) is 24.1 Å². The molecule has 1 aromatic carbocycles. The molecular formula is C19H26F2N2O. The summed E-state index contributed by atoms with van der Waals surface area (Å²) >= 11 is 0. The van der Waals surface area contributed by atoms with Crippen LogP contribution in [0.5, 0.6) is 5.75 Å². The van der Waals surface area contributed by atoms with Gasteiger partial charge in [-0.1, -0.05) is 33.4 Å². The van der Waals surface area contributed by atoms with Gasteiger partial charge in [0.2, 0.25) is 0 Å². The maximum Gasteiger partial charge on any atom is 0.128 e. The first-order valence-electron chi connectivity index (χ1n) is 8.27. The van der Waals surface area contributed by atoms with Crippen LogP contribution in [0.4, 0.5) is 8.78 Å². The zero-order valence-corrected chi connectivity index (χ0v) is 14.6. The third kappa shape index (κ3) is 4.55. The minimum atomic E-state index is -1.12. The molecular weight excluding hydrogens is 310 g/mol. The smallest absolute Gasteiger partial charge is 0.128 e. The van der Waals surface area contributed by atoms with Crippen LogP contribution in [-0.2, 0) is 6.54 Å². The normalized spacial score (nSPS) is 23.8. The molecule has 2 rings (SSSR count). The van der Waals surface area contributed by atoms with Crippen LogP contribution in [0.3, 0.4) is 0 Å². The third-order valence-corrected chi connectivity index (χ3v) is 4.47. The first kappa shape index (κ1) is 20.1. The van der Waals surface area contributed by atoms with E-state index < -0.39 is 17.4 Å². The van der Waals surface area contributed by atoms with Crippen molar-refractivity contribution in [2.24, 2.45) is 5.41 Å². The van der Waals surface area contributed by atoms with Crippen LogP contribution in [0.25, 0.3) is 6.08 Å². The second-order valence-electron chi connectivity index (χ2n) is 6.15. The number of aromatic hydroxyl groups is 1. The molecule has 0 spiro atoms. The monoisotopic (exact) mass is 336 g/mol. The minimum Gasteiger partial charge on any atom is -0.507 e. The molecule has 1 saturated heterocycles. The van der Waals surface area contributed by atoms with Gasteiger partial charge in [-0.25, -0.2) is 8.78 Å². The third-order valence-electron chi connectivity index (χ3n) is 4.47. The fourth-order valence-electron chi connectivity index (χ4n) is 2.78. The number of piperidine rings is 1. The maximum atomic E-state index is 14.3. The van der Waals surface area contributed by atoms with Crippen molar-refractivity contribution in [1.82, 2.24) is 4.90 Å². The highest BCUT2D eigenvalue weighted by molar-refractivity contribution is 5.56. The summed E-state index contributed by atoms with van der Waals surface area (Å²) in [6, 6.07) is 4.64. The number of hydrogen-bond acceptors (Lipinski definition) is 3. The van der Waals surface area contributed by atoms with Gasteiger partial charge in [0, 0.05) is 36.1 Å². The number of alkyl halides is 1. The highest BCUT2D eigenvalue weighted by Crippen LogP contribution is 2.37. The Labute approximate surface area is 143 Å². The Hall–Kier alpha value is -1.93. The maximum absolute atomic E-state index is 14.3. The van der Waals surface area contributed by atoms with E-state index in [9.17, 15) is 13.9 Å². The molecule has 1 fully saturated rings. The number of halogens is 2. The zero-order chi connectivity index (χ0) is 18.3. The van der Waals surface area contributed by atoms with Crippen LogP contribution in [-0.4, -0.2) is 29.3 Å². The summed E-state index contributed by atoms with van der Waals surface area (Å²) < 4.78 is 28.3. The zero-order valence-electron chi connectivity index (χ0n) is 14.6. The first-order valence-corrected chi connectivity index (χ1v) is 8.27. The number of hydrogen-bond donors (Lipinski definition) is 1. The summed E-state index contributed by atoms with van der Waals surface area (Å²) in [5, 5.41) is 18.6. The van der Waals surface area contributed by atoms with Gasteiger partial charge in [0.15, 0.2) is 0 Å². The Bertz CT molecular complexity index is 612. The molecule has 1 aromatic rings. The summed E-state index contributed by atoms with van der Waals surface area (Å²) in [6.45, 7) is 10.3. The van der Waals surface area contributed by atoms with E-state index in [0.717, 1.165) is 0 Å². The molecule has 1 aliphatic rings. The largest absolute Gasteiger partial charge is 0.507 e. The van der Waals surface area contributed by atoms with Crippen molar-refractivity contribution in [3.63, 3.8) is 0 Å². The molecule has 0 amide bonds. The Morgan fingerprint density at radius 3 is 2.71 bits per heavy atom. The number of phenolic OH excluding ortho intramolecular Hbond substituents is 1. The van der Waals surface area contributed by atoms with E-state index in [4.69, 9.17) is 5.26 Å². The highest BCUT2D eigenvalue weighted by Gasteiger charge is 2.39. The minimum absolute atomic E-state index is 0.0328. The van der Waals surface area contributed by atoms with Gasteiger partial charge < -0.3 is 5.11 Å². The number of nitriles is 1. The summed E-state index contributed by atoms with van der Waals surface area (Å²) in [5.41, 5.74) is 0.0441. The quantitative estimate of drug-likeness (QED) is 0.869. The van der Waals surface area contributed by atoms with Gasteiger partial charge in [-0.15, -0.1) is 0 Å². The number of nitrogens with zero attached hydrogens (tertiary/aromatic N) is 2. The average molecular weight is 336 g/mol. The van der Waals surface area contributed by atoms with Crippen molar-refractivity contribution < 1.29 is 13.9 Å². The van der Waals surface area contributed by atoms with E-state index >= 15 is 0 Å². The topological polar surface area (TPSA) is 47.3 Å². The van der Waals surface area contributed by atoms with Crippen molar-refractivity contribution in [3.8, 4) is 11.8 Å². The van der Waals surface area contributed by atoms with Gasteiger partial charge in [-0.05, 0) is 25.1 Å². The van der Waals surface area contributed by atoms with Crippen LogP contribution >= 0.6 is 0 Å². The van der Waals surface area contributed by atoms with E-state index in [1.165, 1.54) is 18.2 Å². The van der Waals surface area contributed by atoms with Crippen molar-refractivity contribution in [3.05, 3.63) is 35.7 Å². The molecule has 5 heteroatoms. The van der Waals surface area contributed by atoms with Crippen LogP contribution in [0.15, 0.2) is 18.7 Å². The SMILES string of the molecule is C=Cc1cc(F)c(CN2CCC(C)(CC#N)C(F)C2)cc1O.CC. The molecule has 0 bridgehead atoms. The van der Waals surface area contributed by atoms with Crippen LogP contribution < -0.4 is 0 Å². The lowest BCUT2D eigenvalue weighted by molar-refractivity contribution is 0.0182. The van der Waals surface area contributed by atoms with Crippen LogP contribution in [0.2, 0.25) is 0 Å². The predicted molar refractivity (Wildman–Crippen MR) is 92.6 cm³/mol. The Balaban J connectivity index is 0.00000139. The molecule has 1 aliphatic heterocycles. The lowest BCUT2D eigenvalue weighted by Crippen LogP contribution is -2.47. The van der Waals surface area contributed by atoms with E-state index in [1.807, 2.05) is 24.8 Å². The first-order chi connectivity index (χ1) is 11.4. The average Bonchev–Trinajstić information content (AvgIpc) is 2.56. The molecule has 2 atom stereocenters. The molecule has 0 aliphatic carbocycles. The molecule has 0 aromatic heterocycles. The van der Waals surface area contributed by atoms with E-state index in [2.05, 4.69) is 6.58 Å². The van der Waals surface area contributed by atoms with Gasteiger partial charge in [0.1, 0.15) is 17.7 Å². The molecule has 2 unspecified atom stereocenters. The molecule has 132 valence electrons. The fourth-order valence-corrected chi connectivity index (χ4v) is 2.78. The molecule has 1 N–H and O–H groups in total. The number of phenols is 1. The summed E-state index contributed by atoms with van der Waals surface area (Å²) in [6.07, 6.45) is 1.00. The van der Waals surface area contributed by atoms with Gasteiger partial charge >= 0.3 is 0 Å². The van der Waals surface area contributed by atoms with Crippen molar-refractivity contribution in [2.45, 2.75) is 46.3 Å². The number of rotatable bonds is 4. The number of likely N-dealkylation sites (tertiary alicyclic amines) is 1. The summed E-state index contributed by atoms with van der Waals surface area (Å²) in [7, 11) is 0. The fraction of sp³-hybridized carbons (Fsp3) is 0.526. The van der Waals surface area contributed by atoms with E-state index in [1.54, 1.807) is 6.92 Å². The summed E-state index contributed by atoms with van der Waals surface area (Å²) in [5.74, 6) is -0.469. The van der Waals surface area contributed by atoms with Gasteiger partial charge in [-0.2, -0.15) is 5.26 Å². The standard InChI is InChI=1S/C17H20F2N2O.C2H6/c1-3-12-8-14(18)13(9-15(12)22)10-21-7-5-17(2,4-6-20)16(19)11-21;1-2/h3,8-9,16,22H,1,4-5,7,10-11H2,2H3;1-2H3. The van der Waals surface area contributed by atoms with Gasteiger partial charge in [0.05, 0.1) is 6.07 Å². The van der Waals surface area contributed by atoms with Crippen LogP contribution in [0.1, 0.15) is 44.7 Å². The van der Waals surface area contributed by atoms with Crippen LogP contribution in [0, 0.1) is 22.6 Å². The summed E-state index contributed by atoms with van der Waals surface area (Å²) in [4.78, 5) is 1.81. The molecule has 0 saturated carbocycles. The predicted octanol–water partition coefficient (Wildman–Crippen LogP) is 4.66. The van der Waals surface area contributed by atoms with Crippen molar-refractivity contribution >= 4 is 6.08 Å². The highest BCUT2D eigenvalue weighted by atomic mass is 19.1. The Kier molecular flexibility index (Phi) is 7.37. The molecule has 24 heavy (non-hydrogen) atoms. The Morgan fingerprint density at radius 2 is 2.17 bits per heavy atom. The molecule has 0 radical (unpaired) electrons. The Morgan fingerprint density at radius 1 is 1.50 bits per heavy atom. The van der Waals surface area contributed by atoms with Crippen molar-refractivity contribution in [1.29, 1.82) is 5.26 Å².